The number of benzene rings is 3. The summed E-state index contributed by atoms with van der Waals surface area (Å²) in [6.45, 7) is 0. The van der Waals surface area contributed by atoms with Gasteiger partial charge in [0.2, 0.25) is 0 Å². The number of rotatable bonds is 5. The fraction of sp³-hybridized carbons (Fsp3) is 0.120. The van der Waals surface area contributed by atoms with Gasteiger partial charge in [-0.15, -0.1) is 0 Å². The molecule has 0 unspecified atom stereocenters. The summed E-state index contributed by atoms with van der Waals surface area (Å²) < 4.78 is 6.81. The van der Waals surface area contributed by atoms with Gasteiger partial charge in [-0.2, -0.15) is 0 Å². The molecule has 4 rings (SSSR count). The van der Waals surface area contributed by atoms with Gasteiger partial charge in [-0.3, -0.25) is 9.36 Å². The second kappa shape index (κ2) is 8.66. The van der Waals surface area contributed by atoms with Crippen LogP contribution >= 0.6 is 11.6 Å². The molecule has 0 bridgehead atoms. The van der Waals surface area contributed by atoms with E-state index in [1.807, 2.05) is 73.6 Å². The summed E-state index contributed by atoms with van der Waals surface area (Å²) in [5, 5.41) is 0.969. The summed E-state index contributed by atoms with van der Waals surface area (Å²) in [6.07, 6.45) is 3.79. The van der Waals surface area contributed by atoms with Crippen molar-refractivity contribution in [3.63, 3.8) is 0 Å². The van der Waals surface area contributed by atoms with Crippen LogP contribution in [0.4, 0.5) is 5.69 Å². The summed E-state index contributed by atoms with van der Waals surface area (Å²) in [6, 6.07) is 20.7. The predicted molar refractivity (Wildman–Crippen MR) is 129 cm³/mol. The first-order chi connectivity index (χ1) is 15.0. The summed E-state index contributed by atoms with van der Waals surface area (Å²) in [5.41, 5.74) is 3.23. The Labute approximate surface area is 185 Å². The zero-order valence-corrected chi connectivity index (χ0v) is 18.3. The van der Waals surface area contributed by atoms with E-state index in [9.17, 15) is 4.79 Å². The Kier molecular flexibility index (Phi) is 5.78. The highest BCUT2D eigenvalue weighted by atomic mass is 35.5. The van der Waals surface area contributed by atoms with Gasteiger partial charge in [0.25, 0.3) is 5.56 Å². The van der Waals surface area contributed by atoms with Crippen LogP contribution in [0.3, 0.4) is 0 Å². The number of para-hydroxylation sites is 1. The fourth-order valence-corrected chi connectivity index (χ4v) is 3.61. The first kappa shape index (κ1) is 20.7. The summed E-state index contributed by atoms with van der Waals surface area (Å²) in [4.78, 5) is 20.1. The number of methoxy groups -OCH3 is 1. The van der Waals surface area contributed by atoms with Gasteiger partial charge in [0, 0.05) is 19.8 Å². The number of halogens is 1. The Hall–Kier alpha value is -3.57. The molecule has 1 aromatic heterocycles. The van der Waals surface area contributed by atoms with Crippen LogP contribution in [-0.4, -0.2) is 30.8 Å². The van der Waals surface area contributed by atoms with Gasteiger partial charge in [0.05, 0.1) is 28.7 Å². The van der Waals surface area contributed by atoms with Crippen LogP contribution < -0.4 is 15.2 Å². The van der Waals surface area contributed by atoms with Crippen molar-refractivity contribution in [2.75, 3.05) is 26.1 Å². The van der Waals surface area contributed by atoms with Crippen LogP contribution in [0, 0.1) is 0 Å². The van der Waals surface area contributed by atoms with E-state index in [1.54, 1.807) is 35.9 Å². The molecular formula is C25H22ClN3O2. The van der Waals surface area contributed by atoms with Crippen LogP contribution in [0.1, 0.15) is 11.4 Å². The lowest BCUT2D eigenvalue weighted by atomic mass is 10.1. The maximum atomic E-state index is 13.4. The number of nitrogens with zero attached hydrogens (tertiary/aromatic N) is 3. The molecule has 0 fully saturated rings. The molecule has 0 amide bonds. The molecule has 5 nitrogen and oxygen atoms in total. The minimum absolute atomic E-state index is 0.158. The largest absolute Gasteiger partial charge is 0.495 e. The zero-order chi connectivity index (χ0) is 22.0. The molecule has 6 heteroatoms. The second-order valence-electron chi connectivity index (χ2n) is 7.27. The van der Waals surface area contributed by atoms with Gasteiger partial charge >= 0.3 is 0 Å². The molecular weight excluding hydrogens is 410 g/mol. The van der Waals surface area contributed by atoms with E-state index >= 15 is 0 Å². The number of fused-ring (bicyclic) bond motifs is 1. The van der Waals surface area contributed by atoms with Gasteiger partial charge in [-0.25, -0.2) is 4.98 Å². The van der Waals surface area contributed by atoms with Crippen LogP contribution in [0.25, 0.3) is 28.7 Å². The minimum atomic E-state index is -0.158. The number of anilines is 1. The molecule has 0 radical (unpaired) electrons. The molecule has 1 heterocycles. The van der Waals surface area contributed by atoms with Crippen LogP contribution in [0.5, 0.6) is 5.75 Å². The van der Waals surface area contributed by atoms with Crippen molar-refractivity contribution in [2.45, 2.75) is 0 Å². The highest BCUT2D eigenvalue weighted by Gasteiger charge is 2.12. The molecule has 31 heavy (non-hydrogen) atoms. The van der Waals surface area contributed by atoms with E-state index in [-0.39, 0.29) is 5.56 Å². The van der Waals surface area contributed by atoms with Crippen molar-refractivity contribution in [2.24, 2.45) is 0 Å². The average molecular weight is 432 g/mol. The van der Waals surface area contributed by atoms with Crippen molar-refractivity contribution in [1.29, 1.82) is 0 Å². The molecule has 0 N–H and O–H groups in total. The molecule has 4 aromatic rings. The molecule has 0 aliphatic rings. The lowest BCUT2D eigenvalue weighted by Gasteiger charge is -2.13. The van der Waals surface area contributed by atoms with Crippen molar-refractivity contribution in [3.8, 4) is 11.4 Å². The van der Waals surface area contributed by atoms with E-state index in [0.717, 1.165) is 11.3 Å². The van der Waals surface area contributed by atoms with Gasteiger partial charge in [-0.05, 0) is 54.1 Å². The molecule has 0 atom stereocenters. The van der Waals surface area contributed by atoms with Crippen molar-refractivity contribution >= 4 is 40.3 Å². The molecule has 156 valence electrons. The Morgan fingerprint density at radius 2 is 1.74 bits per heavy atom. The first-order valence-electron chi connectivity index (χ1n) is 9.79. The summed E-state index contributed by atoms with van der Waals surface area (Å²) in [7, 11) is 5.56. The smallest absolute Gasteiger partial charge is 0.266 e. The van der Waals surface area contributed by atoms with Gasteiger partial charge in [0.1, 0.15) is 11.6 Å². The third-order valence-corrected chi connectivity index (χ3v) is 5.32. The number of aromatic nitrogens is 2. The minimum Gasteiger partial charge on any atom is -0.495 e. The molecule has 0 aliphatic heterocycles. The molecule has 0 spiro atoms. The Balaban J connectivity index is 1.86. The van der Waals surface area contributed by atoms with Crippen LogP contribution in [0.2, 0.25) is 5.02 Å². The third-order valence-electron chi connectivity index (χ3n) is 5.03. The quantitative estimate of drug-likeness (QED) is 0.431. The standard InChI is InChI=1S/C25H22ClN3O2/c1-28(2)18-11-8-17(9-12-18)10-15-24-27-22-7-5-4-6-20(22)25(30)29(24)19-13-14-23(31-3)21(26)16-19/h4-16H,1-3H3. The number of hydrogen-bond acceptors (Lipinski definition) is 4. The Morgan fingerprint density at radius 1 is 1.00 bits per heavy atom. The lowest BCUT2D eigenvalue weighted by molar-refractivity contribution is 0.415. The third kappa shape index (κ3) is 4.18. The molecule has 0 saturated heterocycles. The molecule has 0 aliphatic carbocycles. The Morgan fingerprint density at radius 3 is 2.42 bits per heavy atom. The maximum absolute atomic E-state index is 13.4. The SMILES string of the molecule is COc1ccc(-n2c(C=Cc3ccc(N(C)C)cc3)nc3ccccc3c2=O)cc1Cl. The normalized spacial score (nSPS) is 11.2. The first-order valence-corrected chi connectivity index (χ1v) is 10.2. The summed E-state index contributed by atoms with van der Waals surface area (Å²) >= 11 is 6.33. The topological polar surface area (TPSA) is 47.4 Å². The van der Waals surface area contributed by atoms with Crippen LogP contribution in [-0.2, 0) is 0 Å². The summed E-state index contributed by atoms with van der Waals surface area (Å²) in [5.74, 6) is 1.06. The van der Waals surface area contributed by atoms with Gasteiger partial charge in [0.15, 0.2) is 0 Å². The predicted octanol–water partition coefficient (Wildman–Crippen LogP) is 5.28. The zero-order valence-electron chi connectivity index (χ0n) is 17.5. The highest BCUT2D eigenvalue weighted by Crippen LogP contribution is 2.27. The lowest BCUT2D eigenvalue weighted by Crippen LogP contribution is -2.22. The van der Waals surface area contributed by atoms with E-state index in [2.05, 4.69) is 0 Å². The van der Waals surface area contributed by atoms with Crippen molar-refractivity contribution in [3.05, 3.63) is 93.5 Å². The number of ether oxygens (including phenoxy) is 1. The average Bonchev–Trinajstić information content (AvgIpc) is 2.78. The molecule has 3 aromatic carbocycles. The highest BCUT2D eigenvalue weighted by molar-refractivity contribution is 6.32. The second-order valence-corrected chi connectivity index (χ2v) is 7.67. The maximum Gasteiger partial charge on any atom is 0.266 e. The van der Waals surface area contributed by atoms with Gasteiger partial charge in [-0.1, -0.05) is 41.9 Å². The van der Waals surface area contributed by atoms with Crippen molar-refractivity contribution in [1.82, 2.24) is 9.55 Å². The van der Waals surface area contributed by atoms with E-state index in [4.69, 9.17) is 21.3 Å². The molecule has 0 saturated carbocycles. The van der Waals surface area contributed by atoms with E-state index in [1.165, 1.54) is 0 Å². The monoisotopic (exact) mass is 431 g/mol. The van der Waals surface area contributed by atoms with Gasteiger partial charge < -0.3 is 9.64 Å². The number of hydrogen-bond donors (Lipinski definition) is 0. The fourth-order valence-electron chi connectivity index (χ4n) is 3.36. The van der Waals surface area contributed by atoms with E-state index < -0.39 is 0 Å². The van der Waals surface area contributed by atoms with Crippen molar-refractivity contribution < 1.29 is 4.74 Å². The van der Waals surface area contributed by atoms with E-state index in [0.29, 0.717) is 33.2 Å². The Bertz CT molecular complexity index is 1330. The van der Waals surface area contributed by atoms with Crippen LogP contribution in [0.15, 0.2) is 71.5 Å².